The Hall–Kier alpha value is -4.31. The van der Waals surface area contributed by atoms with Gasteiger partial charge in [-0.3, -0.25) is 32.5 Å². The Bertz CT molecular complexity index is 2440. The molecule has 5 unspecified atom stereocenters. The summed E-state index contributed by atoms with van der Waals surface area (Å²) in [4.78, 5) is 58.6. The van der Waals surface area contributed by atoms with Gasteiger partial charge in [-0.2, -0.15) is 0 Å². The van der Waals surface area contributed by atoms with Gasteiger partial charge in [0.15, 0.2) is 6.10 Å². The molecule has 0 aromatic heterocycles. The first-order valence-corrected chi connectivity index (χ1v) is 44.5. The molecule has 0 aliphatic carbocycles. The van der Waals surface area contributed by atoms with Gasteiger partial charge < -0.3 is 34.2 Å². The molecule has 0 radical (unpaired) electrons. The van der Waals surface area contributed by atoms with E-state index in [4.69, 9.17) is 32.3 Å². The quantitative estimate of drug-likeness (QED) is 0.0146. The second kappa shape index (κ2) is 79.2. The van der Waals surface area contributed by atoms with E-state index in [-0.39, 0.29) is 19.3 Å². The van der Waals surface area contributed by atoms with Crippen molar-refractivity contribution in [3.05, 3.63) is 134 Å². The number of phosphoric acid groups is 2. The number of carbonyl (C=O) groups excluding carboxylic acids is 3. The lowest BCUT2D eigenvalue weighted by Gasteiger charge is -2.21. The lowest BCUT2D eigenvalue weighted by molar-refractivity contribution is -0.161. The van der Waals surface area contributed by atoms with Crippen LogP contribution in [0.3, 0.4) is 0 Å². The zero-order chi connectivity index (χ0) is 76.6. The van der Waals surface area contributed by atoms with Crippen molar-refractivity contribution in [2.75, 3.05) is 39.6 Å². The van der Waals surface area contributed by atoms with Crippen molar-refractivity contribution < 1.29 is 75.8 Å². The SMILES string of the molecule is CC/C=C\C/C=C\C/C=C\C/C=C\C/C=C\C/C=C\CCCCCCCCCCCCCCCCCCC(=O)OCC(O)COP(=O)(O)OCC(O)COP(=O)(O)OCC(COC(=O)CCCCCCC/C=C\C/C=C\C/C=C\C/C=C\CCCCC)OC(=O)CCCCCCC/C=C\CCCCCC. The molecule has 0 spiro atoms. The van der Waals surface area contributed by atoms with Gasteiger partial charge in [-0.25, -0.2) is 9.13 Å². The maximum atomic E-state index is 12.9. The first-order valence-electron chi connectivity index (χ1n) is 41.5. The summed E-state index contributed by atoms with van der Waals surface area (Å²) in [5.41, 5.74) is 0. The molecule has 604 valence electrons. The first kappa shape index (κ1) is 101. The summed E-state index contributed by atoms with van der Waals surface area (Å²) in [5.74, 6) is -1.60. The topological polar surface area (TPSA) is 231 Å². The highest BCUT2D eigenvalue weighted by Gasteiger charge is 2.29. The highest BCUT2D eigenvalue weighted by Crippen LogP contribution is 2.45. The number of hydrogen-bond acceptors (Lipinski definition) is 14. The third-order valence-electron chi connectivity index (χ3n) is 17.3. The molecule has 0 aliphatic rings. The third kappa shape index (κ3) is 80.5. The van der Waals surface area contributed by atoms with E-state index in [0.717, 1.165) is 148 Å². The van der Waals surface area contributed by atoms with E-state index in [9.17, 15) is 43.5 Å². The number of esters is 3. The number of rotatable bonds is 78. The Labute approximate surface area is 639 Å². The monoisotopic (exact) mass is 1510 g/mol. The van der Waals surface area contributed by atoms with Crippen LogP contribution in [0.25, 0.3) is 0 Å². The lowest BCUT2D eigenvalue weighted by atomic mass is 10.0. The van der Waals surface area contributed by atoms with Gasteiger partial charge in [0.2, 0.25) is 0 Å². The largest absolute Gasteiger partial charge is 0.472 e. The van der Waals surface area contributed by atoms with Crippen molar-refractivity contribution in [2.24, 2.45) is 0 Å². The Morgan fingerprint density at radius 3 is 0.829 bits per heavy atom. The van der Waals surface area contributed by atoms with E-state index < -0.39 is 91.5 Å². The van der Waals surface area contributed by atoms with Gasteiger partial charge in [-0.05, 0) is 141 Å². The van der Waals surface area contributed by atoms with Crippen LogP contribution in [0.4, 0.5) is 0 Å². The van der Waals surface area contributed by atoms with Crippen LogP contribution in [0, 0.1) is 0 Å². The minimum atomic E-state index is -4.94. The van der Waals surface area contributed by atoms with E-state index in [0.29, 0.717) is 19.3 Å². The number of unbranched alkanes of at least 4 members (excludes halogenated alkanes) is 33. The van der Waals surface area contributed by atoms with E-state index in [1.165, 1.54) is 135 Å². The summed E-state index contributed by atoms with van der Waals surface area (Å²) in [6.07, 6.45) is 96.6. The normalized spacial score (nSPS) is 14.6. The van der Waals surface area contributed by atoms with Crippen LogP contribution in [0.1, 0.15) is 342 Å². The van der Waals surface area contributed by atoms with Crippen molar-refractivity contribution in [1.29, 1.82) is 0 Å². The molecule has 0 aromatic rings. The number of phosphoric ester groups is 2. The third-order valence-corrected chi connectivity index (χ3v) is 19.2. The number of hydrogen-bond donors (Lipinski definition) is 4. The maximum Gasteiger partial charge on any atom is 0.472 e. The summed E-state index contributed by atoms with van der Waals surface area (Å²) >= 11 is 0. The zero-order valence-corrected chi connectivity index (χ0v) is 67.9. The van der Waals surface area contributed by atoms with Crippen LogP contribution in [0.2, 0.25) is 0 Å². The molecule has 5 atom stereocenters. The highest BCUT2D eigenvalue weighted by atomic mass is 31.2. The summed E-state index contributed by atoms with van der Waals surface area (Å²) in [6, 6.07) is 0. The molecule has 0 amide bonds. The van der Waals surface area contributed by atoms with Crippen LogP contribution in [-0.2, 0) is 55.8 Å². The Balaban J connectivity index is 4.40. The number of aliphatic hydroxyl groups is 2. The Morgan fingerprint density at radius 2 is 0.505 bits per heavy atom. The summed E-state index contributed by atoms with van der Waals surface area (Å²) in [7, 11) is -9.80. The van der Waals surface area contributed by atoms with E-state index in [1.807, 2.05) is 0 Å². The minimum Gasteiger partial charge on any atom is -0.463 e. The predicted octanol–water partition coefficient (Wildman–Crippen LogP) is 24.7. The molecule has 16 nitrogen and oxygen atoms in total. The van der Waals surface area contributed by atoms with Gasteiger partial charge >= 0.3 is 33.6 Å². The van der Waals surface area contributed by atoms with Gasteiger partial charge in [-0.15, -0.1) is 0 Å². The standard InChI is InChI=1S/C87H150O16P2/c1-4-7-10-13-16-19-22-25-27-29-31-33-34-35-36-37-38-39-40-41-42-43-44-45-46-48-50-51-53-56-58-61-64-67-70-73-85(90)97-76-82(88)77-99-104(93,94)100-78-83(89)79-101-105(95,96)102-81-84(103-87(92)75-72-69-66-63-60-55-24-21-18-15-12-9-6-3)80-98-86(91)74-71-68-65-62-59-57-54-52-49-47-32-30-28-26-23-20-17-14-11-8-5-2/h7,10,16-17,19-21,24-28,31-33,35-36,38-39,47,52,54,82-84,88-89H,4-6,8-9,11-15,18,22-23,29-30,34,37,40-46,48-51,53,55-81H2,1-3H3,(H,93,94)(H,95,96)/b10-7-,19-16-,20-17-,24-21-,27-25-,28-26-,33-31-,36-35-,39-38-,47-32-,54-52-. The predicted molar refractivity (Wildman–Crippen MR) is 436 cm³/mol. The number of carbonyl (C=O) groups is 3. The van der Waals surface area contributed by atoms with Gasteiger partial charge in [0.1, 0.15) is 25.4 Å². The fourth-order valence-electron chi connectivity index (χ4n) is 11.0. The van der Waals surface area contributed by atoms with Crippen molar-refractivity contribution in [3.63, 3.8) is 0 Å². The van der Waals surface area contributed by atoms with Crippen LogP contribution >= 0.6 is 15.6 Å². The van der Waals surface area contributed by atoms with Crippen molar-refractivity contribution >= 4 is 33.6 Å². The highest BCUT2D eigenvalue weighted by molar-refractivity contribution is 7.47. The summed E-state index contributed by atoms with van der Waals surface area (Å²) < 4.78 is 61.1. The van der Waals surface area contributed by atoms with E-state index in [1.54, 1.807) is 0 Å². The second-order valence-corrected chi connectivity index (χ2v) is 30.4. The Morgan fingerprint density at radius 1 is 0.276 bits per heavy atom. The average Bonchev–Trinajstić information content (AvgIpc) is 1.03. The molecule has 0 heterocycles. The molecule has 0 saturated carbocycles. The molecule has 18 heteroatoms. The first-order chi connectivity index (χ1) is 51.2. The fraction of sp³-hybridized carbons (Fsp3) is 0.713. The van der Waals surface area contributed by atoms with Crippen LogP contribution in [0.5, 0.6) is 0 Å². The average molecular weight is 1510 g/mol. The second-order valence-electron chi connectivity index (χ2n) is 27.5. The van der Waals surface area contributed by atoms with Gasteiger partial charge in [0.25, 0.3) is 0 Å². The molecule has 0 bridgehead atoms. The molecule has 0 aromatic carbocycles. The van der Waals surface area contributed by atoms with Crippen molar-refractivity contribution in [3.8, 4) is 0 Å². The lowest BCUT2D eigenvalue weighted by Crippen LogP contribution is -2.30. The molecule has 0 aliphatic heterocycles. The fourth-order valence-corrected chi connectivity index (χ4v) is 12.6. The van der Waals surface area contributed by atoms with E-state index >= 15 is 0 Å². The Kier molecular flexibility index (Phi) is 76.0. The van der Waals surface area contributed by atoms with Crippen molar-refractivity contribution in [2.45, 2.75) is 360 Å². The van der Waals surface area contributed by atoms with Crippen LogP contribution in [0.15, 0.2) is 134 Å². The van der Waals surface area contributed by atoms with Gasteiger partial charge in [0, 0.05) is 19.3 Å². The van der Waals surface area contributed by atoms with Gasteiger partial charge in [-0.1, -0.05) is 315 Å². The molecule has 0 rings (SSSR count). The van der Waals surface area contributed by atoms with Crippen LogP contribution < -0.4 is 0 Å². The van der Waals surface area contributed by atoms with E-state index in [2.05, 4.69) is 154 Å². The summed E-state index contributed by atoms with van der Waals surface area (Å²) in [5, 5.41) is 20.6. The summed E-state index contributed by atoms with van der Waals surface area (Å²) in [6.45, 7) is 2.51. The van der Waals surface area contributed by atoms with Crippen LogP contribution in [-0.4, -0.2) is 95.9 Å². The maximum absolute atomic E-state index is 12.9. The smallest absolute Gasteiger partial charge is 0.463 e. The molecule has 105 heavy (non-hydrogen) atoms. The van der Waals surface area contributed by atoms with Gasteiger partial charge in [0.05, 0.1) is 26.4 Å². The number of aliphatic hydroxyl groups excluding tert-OH is 2. The zero-order valence-electron chi connectivity index (χ0n) is 66.1. The molecule has 0 saturated heterocycles. The molecular weight excluding hydrogens is 1360 g/mol. The number of allylic oxidation sites excluding steroid dienone is 22. The number of ether oxygens (including phenoxy) is 3. The molecule has 4 N–H and O–H groups in total. The van der Waals surface area contributed by atoms with Crippen molar-refractivity contribution in [1.82, 2.24) is 0 Å². The molecule has 0 fully saturated rings. The molecular formula is C87H150O16P2. The minimum absolute atomic E-state index is 0.0890.